The molecule has 2 aromatic rings. The fraction of sp³-hybridized carbons (Fsp3) is 0.423. The maximum atomic E-state index is 12.7. The standard InChI is InChI=1S/C26H29N3O4/c1-25(2)14-7-15-26(3,4)29(25)33-22(19-12-10-18(16-27)11-13-19)17-32-28-23(30)20-8-5-6-9-21(20)24(28)31/h5-6,8-13,22H,7,14-15,17H2,1-4H3. The quantitative estimate of drug-likeness (QED) is 0.592. The number of piperidine rings is 1. The Balaban J connectivity index is 1.59. The van der Waals surface area contributed by atoms with Crippen LogP contribution in [0.3, 0.4) is 0 Å². The molecular formula is C26H29N3O4. The first-order chi connectivity index (χ1) is 15.6. The summed E-state index contributed by atoms with van der Waals surface area (Å²) in [7, 11) is 0. The predicted octanol–water partition coefficient (Wildman–Crippen LogP) is 4.80. The van der Waals surface area contributed by atoms with Gasteiger partial charge in [0.2, 0.25) is 0 Å². The summed E-state index contributed by atoms with van der Waals surface area (Å²) >= 11 is 0. The maximum Gasteiger partial charge on any atom is 0.285 e. The van der Waals surface area contributed by atoms with E-state index in [0.717, 1.165) is 29.9 Å². The molecule has 0 aromatic heterocycles. The third kappa shape index (κ3) is 4.42. The van der Waals surface area contributed by atoms with Crippen molar-refractivity contribution in [3.8, 4) is 6.07 Å². The molecule has 7 nitrogen and oxygen atoms in total. The van der Waals surface area contributed by atoms with Crippen LogP contribution in [0.4, 0.5) is 0 Å². The average molecular weight is 448 g/mol. The minimum atomic E-state index is -0.585. The van der Waals surface area contributed by atoms with Crippen molar-refractivity contribution in [1.82, 2.24) is 10.1 Å². The van der Waals surface area contributed by atoms with Gasteiger partial charge in [0.25, 0.3) is 11.8 Å². The van der Waals surface area contributed by atoms with Crippen molar-refractivity contribution in [2.75, 3.05) is 6.61 Å². The van der Waals surface area contributed by atoms with Gasteiger partial charge in [-0.2, -0.15) is 10.3 Å². The van der Waals surface area contributed by atoms with Crippen LogP contribution in [0.25, 0.3) is 0 Å². The van der Waals surface area contributed by atoms with E-state index in [1.807, 2.05) is 17.2 Å². The topological polar surface area (TPSA) is 82.9 Å². The number of carbonyl (C=O) groups excluding carboxylic acids is 2. The van der Waals surface area contributed by atoms with Gasteiger partial charge < -0.3 is 0 Å². The predicted molar refractivity (Wildman–Crippen MR) is 122 cm³/mol. The van der Waals surface area contributed by atoms with E-state index in [0.29, 0.717) is 16.7 Å². The van der Waals surface area contributed by atoms with Gasteiger partial charge in [-0.25, -0.2) is 0 Å². The lowest BCUT2D eigenvalue weighted by Gasteiger charge is -2.52. The monoisotopic (exact) mass is 447 g/mol. The van der Waals surface area contributed by atoms with Gasteiger partial charge in [-0.1, -0.05) is 24.3 Å². The van der Waals surface area contributed by atoms with E-state index in [9.17, 15) is 9.59 Å². The largest absolute Gasteiger partial charge is 0.287 e. The van der Waals surface area contributed by atoms with E-state index >= 15 is 0 Å². The van der Waals surface area contributed by atoms with Gasteiger partial charge in [-0.15, -0.1) is 5.06 Å². The van der Waals surface area contributed by atoms with Crippen LogP contribution >= 0.6 is 0 Å². The second kappa shape index (κ2) is 8.71. The number of hydrogen-bond acceptors (Lipinski definition) is 6. The van der Waals surface area contributed by atoms with Crippen molar-refractivity contribution in [2.45, 2.75) is 64.1 Å². The van der Waals surface area contributed by atoms with Crippen LogP contribution in [0, 0.1) is 11.3 Å². The highest BCUT2D eigenvalue weighted by Crippen LogP contribution is 2.40. The number of amides is 2. The normalized spacial score (nSPS) is 20.4. The molecule has 4 rings (SSSR count). The number of imide groups is 1. The van der Waals surface area contributed by atoms with E-state index < -0.39 is 17.9 Å². The highest BCUT2D eigenvalue weighted by Gasteiger charge is 2.44. The van der Waals surface area contributed by atoms with Gasteiger partial charge in [-0.3, -0.25) is 19.3 Å². The summed E-state index contributed by atoms with van der Waals surface area (Å²) < 4.78 is 0. The summed E-state index contributed by atoms with van der Waals surface area (Å²) in [5.41, 5.74) is 1.58. The number of rotatable bonds is 6. The number of fused-ring (bicyclic) bond motifs is 1. The Hall–Kier alpha value is -3.05. The number of hydroxylamine groups is 4. The van der Waals surface area contributed by atoms with Crippen LogP contribution in [0.15, 0.2) is 48.5 Å². The molecule has 0 bridgehead atoms. The molecule has 2 aliphatic rings. The zero-order chi connectivity index (χ0) is 23.8. The molecule has 0 radical (unpaired) electrons. The van der Waals surface area contributed by atoms with Crippen LogP contribution in [-0.2, 0) is 9.68 Å². The molecule has 1 fully saturated rings. The highest BCUT2D eigenvalue weighted by atomic mass is 16.7. The molecule has 1 atom stereocenters. The fourth-order valence-electron chi connectivity index (χ4n) is 4.78. The first-order valence-electron chi connectivity index (χ1n) is 11.2. The van der Waals surface area contributed by atoms with Gasteiger partial charge >= 0.3 is 0 Å². The third-order valence-electron chi connectivity index (χ3n) is 6.43. The van der Waals surface area contributed by atoms with Crippen molar-refractivity contribution in [3.63, 3.8) is 0 Å². The van der Waals surface area contributed by atoms with Crippen molar-refractivity contribution >= 4 is 11.8 Å². The summed E-state index contributed by atoms with van der Waals surface area (Å²) in [4.78, 5) is 37.8. The fourth-order valence-corrected chi connectivity index (χ4v) is 4.78. The number of carbonyl (C=O) groups is 2. The van der Waals surface area contributed by atoms with Crippen LogP contribution in [0.5, 0.6) is 0 Å². The second-order valence-corrected chi connectivity index (χ2v) is 9.85. The molecule has 1 unspecified atom stereocenters. The maximum absolute atomic E-state index is 12.7. The Kier molecular flexibility index (Phi) is 6.10. The van der Waals surface area contributed by atoms with Crippen molar-refractivity contribution in [1.29, 1.82) is 5.26 Å². The molecule has 2 amide bonds. The molecule has 7 heteroatoms. The van der Waals surface area contributed by atoms with Crippen molar-refractivity contribution in [2.24, 2.45) is 0 Å². The van der Waals surface area contributed by atoms with E-state index in [1.165, 1.54) is 0 Å². The summed E-state index contributed by atoms with van der Waals surface area (Å²) in [6.45, 7) is 8.55. The first kappa shape index (κ1) is 23.1. The van der Waals surface area contributed by atoms with Crippen LogP contribution in [0.1, 0.15) is 84.9 Å². The van der Waals surface area contributed by atoms with Gasteiger partial charge in [-0.05, 0) is 76.8 Å². The summed E-state index contributed by atoms with van der Waals surface area (Å²) in [6.07, 6.45) is 2.48. The summed E-state index contributed by atoms with van der Waals surface area (Å²) in [5.74, 6) is -0.958. The zero-order valence-corrected chi connectivity index (χ0v) is 19.5. The number of nitrogens with zero attached hydrogens (tertiary/aromatic N) is 3. The molecule has 2 aliphatic heterocycles. The van der Waals surface area contributed by atoms with Gasteiger partial charge in [0.1, 0.15) is 12.7 Å². The smallest absolute Gasteiger partial charge is 0.285 e. The number of nitriles is 1. The van der Waals surface area contributed by atoms with E-state index in [-0.39, 0.29) is 17.7 Å². The Labute approximate surface area is 194 Å². The van der Waals surface area contributed by atoms with Crippen LogP contribution in [0.2, 0.25) is 0 Å². The minimum absolute atomic E-state index is 0.0416. The highest BCUT2D eigenvalue weighted by molar-refractivity contribution is 6.20. The first-order valence-corrected chi connectivity index (χ1v) is 11.2. The third-order valence-corrected chi connectivity index (χ3v) is 6.43. The second-order valence-electron chi connectivity index (χ2n) is 9.85. The number of hydrogen-bond donors (Lipinski definition) is 0. The molecule has 0 N–H and O–H groups in total. The SMILES string of the molecule is CC1(C)CCCC(C)(C)N1OC(CON1C(=O)c2ccccc2C1=O)c1ccc(C#N)cc1. The molecule has 0 aliphatic carbocycles. The molecular weight excluding hydrogens is 418 g/mol. The molecule has 1 saturated heterocycles. The molecule has 0 saturated carbocycles. The van der Waals surface area contributed by atoms with Gasteiger partial charge in [0, 0.05) is 11.1 Å². The van der Waals surface area contributed by atoms with Crippen molar-refractivity contribution in [3.05, 3.63) is 70.8 Å². The summed E-state index contributed by atoms with van der Waals surface area (Å²) in [5, 5.41) is 12.0. The van der Waals surface area contributed by atoms with Crippen molar-refractivity contribution < 1.29 is 19.3 Å². The Morgan fingerprint density at radius 1 is 0.939 bits per heavy atom. The lowest BCUT2D eigenvalue weighted by atomic mass is 9.82. The molecule has 2 aromatic carbocycles. The average Bonchev–Trinajstić information content (AvgIpc) is 3.03. The molecule has 172 valence electrons. The van der Waals surface area contributed by atoms with Crippen LogP contribution < -0.4 is 0 Å². The Morgan fingerprint density at radius 2 is 1.48 bits per heavy atom. The van der Waals surface area contributed by atoms with Crippen LogP contribution in [-0.4, -0.2) is 39.6 Å². The van der Waals surface area contributed by atoms with E-state index in [2.05, 4.69) is 33.8 Å². The molecule has 0 spiro atoms. The molecule has 2 heterocycles. The lowest BCUT2D eigenvalue weighted by molar-refractivity contribution is -0.318. The van der Waals surface area contributed by atoms with Gasteiger partial charge in [0.15, 0.2) is 0 Å². The lowest BCUT2D eigenvalue weighted by Crippen LogP contribution is -2.58. The number of benzene rings is 2. The zero-order valence-electron chi connectivity index (χ0n) is 19.5. The van der Waals surface area contributed by atoms with E-state index in [4.69, 9.17) is 14.9 Å². The minimum Gasteiger partial charge on any atom is -0.287 e. The Morgan fingerprint density at radius 3 is 2.00 bits per heavy atom. The summed E-state index contributed by atoms with van der Waals surface area (Å²) in [6, 6.07) is 15.9. The van der Waals surface area contributed by atoms with Gasteiger partial charge in [0.05, 0.1) is 22.8 Å². The Bertz CT molecular complexity index is 1050. The molecule has 33 heavy (non-hydrogen) atoms. The van der Waals surface area contributed by atoms with E-state index in [1.54, 1.807) is 36.4 Å².